The van der Waals surface area contributed by atoms with Crippen LogP contribution in [0.3, 0.4) is 0 Å². The van der Waals surface area contributed by atoms with E-state index in [4.69, 9.17) is 0 Å². The second-order valence-electron chi connectivity index (χ2n) is 5.95. The summed E-state index contributed by atoms with van der Waals surface area (Å²) < 4.78 is 0. The Labute approximate surface area is 111 Å². The molecule has 18 heavy (non-hydrogen) atoms. The molecule has 1 aromatic carbocycles. The van der Waals surface area contributed by atoms with E-state index in [1.807, 2.05) is 0 Å². The van der Waals surface area contributed by atoms with Crippen molar-refractivity contribution in [1.82, 2.24) is 4.90 Å². The quantitative estimate of drug-likeness (QED) is 0.753. The molecule has 2 aliphatic rings. The van der Waals surface area contributed by atoms with Crippen LogP contribution in [0.1, 0.15) is 51.0 Å². The van der Waals surface area contributed by atoms with Gasteiger partial charge in [0.15, 0.2) is 0 Å². The SMILES string of the molecule is CCN1CCCC2CCCCC21c1ccccc1. The minimum atomic E-state index is 0.368. The van der Waals surface area contributed by atoms with Crippen molar-refractivity contribution < 1.29 is 0 Å². The van der Waals surface area contributed by atoms with Gasteiger partial charge >= 0.3 is 0 Å². The van der Waals surface area contributed by atoms with Crippen molar-refractivity contribution in [3.63, 3.8) is 0 Å². The van der Waals surface area contributed by atoms with Crippen LogP contribution in [-0.4, -0.2) is 18.0 Å². The maximum Gasteiger partial charge on any atom is 0.0488 e. The molecule has 2 fully saturated rings. The first-order chi connectivity index (χ1) is 8.88. The molecule has 0 amide bonds. The Morgan fingerprint density at radius 2 is 1.89 bits per heavy atom. The third kappa shape index (κ3) is 1.80. The lowest BCUT2D eigenvalue weighted by Gasteiger charge is -2.55. The molecule has 3 rings (SSSR count). The van der Waals surface area contributed by atoms with Gasteiger partial charge in [-0.3, -0.25) is 4.90 Å². The Bertz CT molecular complexity index is 375. The number of hydrogen-bond donors (Lipinski definition) is 0. The fraction of sp³-hybridized carbons (Fsp3) is 0.647. The van der Waals surface area contributed by atoms with Crippen LogP contribution < -0.4 is 0 Å². The summed E-state index contributed by atoms with van der Waals surface area (Å²) in [7, 11) is 0. The Morgan fingerprint density at radius 1 is 1.11 bits per heavy atom. The molecule has 1 saturated carbocycles. The lowest BCUT2D eigenvalue weighted by molar-refractivity contribution is -0.0362. The molecule has 1 saturated heterocycles. The van der Waals surface area contributed by atoms with Gasteiger partial charge in [0.2, 0.25) is 0 Å². The average Bonchev–Trinajstić information content (AvgIpc) is 2.47. The zero-order valence-corrected chi connectivity index (χ0v) is 11.6. The molecule has 1 heteroatoms. The maximum atomic E-state index is 2.77. The number of hydrogen-bond acceptors (Lipinski definition) is 1. The van der Waals surface area contributed by atoms with E-state index in [1.165, 1.54) is 51.6 Å². The fourth-order valence-corrected chi connectivity index (χ4v) is 4.49. The number of nitrogens with zero attached hydrogens (tertiary/aromatic N) is 1. The van der Waals surface area contributed by atoms with Gasteiger partial charge in [-0.15, -0.1) is 0 Å². The minimum Gasteiger partial charge on any atom is -0.294 e. The third-order valence-electron chi connectivity index (χ3n) is 5.24. The summed E-state index contributed by atoms with van der Waals surface area (Å²) in [6.07, 6.45) is 8.48. The van der Waals surface area contributed by atoms with Crippen LogP contribution in [0.2, 0.25) is 0 Å². The van der Waals surface area contributed by atoms with Crippen LogP contribution in [0.4, 0.5) is 0 Å². The highest BCUT2D eigenvalue weighted by Crippen LogP contribution is 2.50. The molecule has 2 unspecified atom stereocenters. The topological polar surface area (TPSA) is 3.24 Å². The van der Waals surface area contributed by atoms with Gasteiger partial charge in [0, 0.05) is 5.54 Å². The van der Waals surface area contributed by atoms with Crippen molar-refractivity contribution in [2.75, 3.05) is 13.1 Å². The van der Waals surface area contributed by atoms with E-state index < -0.39 is 0 Å². The average molecular weight is 243 g/mol. The molecule has 1 aliphatic carbocycles. The smallest absolute Gasteiger partial charge is 0.0488 e. The highest BCUT2D eigenvalue weighted by atomic mass is 15.2. The molecule has 0 aromatic heterocycles. The predicted molar refractivity (Wildman–Crippen MR) is 76.6 cm³/mol. The molecule has 98 valence electrons. The zero-order valence-electron chi connectivity index (χ0n) is 11.6. The van der Waals surface area contributed by atoms with Crippen molar-refractivity contribution in [2.45, 2.75) is 51.0 Å². The highest BCUT2D eigenvalue weighted by Gasteiger charge is 2.47. The van der Waals surface area contributed by atoms with E-state index in [9.17, 15) is 0 Å². The normalized spacial score (nSPS) is 33.1. The predicted octanol–water partition coefficient (Wildman–Crippen LogP) is 4.19. The lowest BCUT2D eigenvalue weighted by atomic mass is 9.64. The van der Waals surface area contributed by atoms with E-state index in [0.717, 1.165) is 5.92 Å². The van der Waals surface area contributed by atoms with Gasteiger partial charge in [-0.25, -0.2) is 0 Å². The third-order valence-corrected chi connectivity index (χ3v) is 5.24. The van der Waals surface area contributed by atoms with Gasteiger partial charge in [-0.2, -0.15) is 0 Å². The van der Waals surface area contributed by atoms with Gasteiger partial charge in [0.05, 0.1) is 0 Å². The number of fused-ring (bicyclic) bond motifs is 1. The number of rotatable bonds is 2. The van der Waals surface area contributed by atoms with Gasteiger partial charge in [-0.1, -0.05) is 50.1 Å². The summed E-state index contributed by atoms with van der Waals surface area (Å²) in [5.74, 6) is 0.891. The van der Waals surface area contributed by atoms with Crippen LogP contribution in [0.5, 0.6) is 0 Å². The standard InChI is InChI=1S/C17H25N/c1-2-18-14-8-12-16-11-6-7-13-17(16,18)15-9-4-3-5-10-15/h3-5,9-10,16H,2,6-8,11-14H2,1H3. The van der Waals surface area contributed by atoms with Gasteiger partial charge in [0.1, 0.15) is 0 Å². The lowest BCUT2D eigenvalue weighted by Crippen LogP contribution is -2.55. The van der Waals surface area contributed by atoms with E-state index in [-0.39, 0.29) is 0 Å². The molecule has 2 atom stereocenters. The second-order valence-corrected chi connectivity index (χ2v) is 5.95. The largest absolute Gasteiger partial charge is 0.294 e. The molecule has 1 aromatic rings. The maximum absolute atomic E-state index is 2.77. The zero-order chi connectivity index (χ0) is 12.4. The Kier molecular flexibility index (Phi) is 3.43. The summed E-state index contributed by atoms with van der Waals surface area (Å²) in [5, 5.41) is 0. The fourth-order valence-electron chi connectivity index (χ4n) is 4.49. The van der Waals surface area contributed by atoms with E-state index in [0.29, 0.717) is 5.54 Å². The van der Waals surface area contributed by atoms with Gasteiger partial charge in [0.25, 0.3) is 0 Å². The van der Waals surface area contributed by atoms with Crippen LogP contribution in [0.15, 0.2) is 30.3 Å². The van der Waals surface area contributed by atoms with Crippen LogP contribution in [0, 0.1) is 5.92 Å². The molecule has 1 nitrogen and oxygen atoms in total. The molecular weight excluding hydrogens is 218 g/mol. The van der Waals surface area contributed by atoms with Crippen LogP contribution in [0.25, 0.3) is 0 Å². The van der Waals surface area contributed by atoms with E-state index >= 15 is 0 Å². The van der Waals surface area contributed by atoms with E-state index in [2.05, 4.69) is 42.2 Å². The summed E-state index contributed by atoms with van der Waals surface area (Å²) in [4.78, 5) is 2.77. The summed E-state index contributed by atoms with van der Waals surface area (Å²) in [6.45, 7) is 4.83. The first-order valence-electron chi connectivity index (χ1n) is 7.68. The van der Waals surface area contributed by atoms with Crippen molar-refractivity contribution in [3.8, 4) is 0 Å². The molecule has 1 aliphatic heterocycles. The molecule has 1 heterocycles. The van der Waals surface area contributed by atoms with Crippen molar-refractivity contribution in [1.29, 1.82) is 0 Å². The molecule has 0 bridgehead atoms. The number of piperidine rings is 1. The summed E-state index contributed by atoms with van der Waals surface area (Å²) in [6, 6.07) is 11.3. The van der Waals surface area contributed by atoms with Crippen LogP contribution in [-0.2, 0) is 5.54 Å². The van der Waals surface area contributed by atoms with Crippen molar-refractivity contribution in [3.05, 3.63) is 35.9 Å². The van der Waals surface area contributed by atoms with Gasteiger partial charge in [-0.05, 0) is 50.3 Å². The Hall–Kier alpha value is -0.820. The van der Waals surface area contributed by atoms with E-state index in [1.54, 1.807) is 5.56 Å². The molecular formula is C17H25N. The first kappa shape index (κ1) is 12.2. The highest BCUT2D eigenvalue weighted by molar-refractivity contribution is 5.27. The monoisotopic (exact) mass is 243 g/mol. The Balaban J connectivity index is 2.05. The second kappa shape index (κ2) is 5.05. The molecule has 0 N–H and O–H groups in total. The number of benzene rings is 1. The van der Waals surface area contributed by atoms with Gasteiger partial charge < -0.3 is 0 Å². The number of likely N-dealkylation sites (tertiary alicyclic amines) is 1. The van der Waals surface area contributed by atoms with Crippen LogP contribution >= 0.6 is 0 Å². The Morgan fingerprint density at radius 3 is 2.67 bits per heavy atom. The van der Waals surface area contributed by atoms with Crippen molar-refractivity contribution >= 4 is 0 Å². The summed E-state index contributed by atoms with van der Waals surface area (Å²) >= 11 is 0. The first-order valence-corrected chi connectivity index (χ1v) is 7.68. The summed E-state index contributed by atoms with van der Waals surface area (Å²) in [5.41, 5.74) is 1.95. The van der Waals surface area contributed by atoms with Crippen molar-refractivity contribution in [2.24, 2.45) is 5.92 Å². The molecule has 0 spiro atoms. The molecule has 0 radical (unpaired) electrons. The minimum absolute atomic E-state index is 0.368.